The van der Waals surface area contributed by atoms with Crippen LogP contribution in [-0.4, -0.2) is 57.9 Å². The molecule has 3 aromatic rings. The van der Waals surface area contributed by atoms with Crippen molar-refractivity contribution in [1.82, 2.24) is 24.6 Å². The minimum absolute atomic E-state index is 0.337. The topological polar surface area (TPSA) is 53.3 Å². The number of anilines is 2. The van der Waals surface area contributed by atoms with E-state index in [2.05, 4.69) is 72.7 Å². The van der Waals surface area contributed by atoms with Crippen molar-refractivity contribution in [2.75, 3.05) is 43.0 Å². The Morgan fingerprint density at radius 2 is 1.77 bits per heavy atom. The SMILES string of the molecule is Cc1ccc(N2CC3(C2)CN(c2nnc4n2-c2ccc(Cl)cc2CN(C)C4)C3)nc1. The van der Waals surface area contributed by atoms with Crippen molar-refractivity contribution < 1.29 is 0 Å². The van der Waals surface area contributed by atoms with Crippen molar-refractivity contribution in [3.63, 3.8) is 0 Å². The highest BCUT2D eigenvalue weighted by atomic mass is 35.5. The Morgan fingerprint density at radius 1 is 0.967 bits per heavy atom. The second-order valence-corrected chi connectivity index (χ2v) is 9.54. The third-order valence-corrected chi connectivity index (χ3v) is 6.69. The van der Waals surface area contributed by atoms with Crippen molar-refractivity contribution in [2.24, 2.45) is 5.41 Å². The highest BCUT2D eigenvalue weighted by Gasteiger charge is 2.53. The number of rotatable bonds is 2. The van der Waals surface area contributed by atoms with Crippen LogP contribution in [0.3, 0.4) is 0 Å². The molecule has 30 heavy (non-hydrogen) atoms. The molecule has 0 aliphatic carbocycles. The Labute approximate surface area is 180 Å². The number of fused-ring (bicyclic) bond motifs is 3. The van der Waals surface area contributed by atoms with E-state index in [1.807, 2.05) is 12.3 Å². The first-order valence-electron chi connectivity index (χ1n) is 10.3. The minimum Gasteiger partial charge on any atom is -0.355 e. The molecule has 5 heterocycles. The number of pyridine rings is 1. The lowest BCUT2D eigenvalue weighted by Crippen LogP contribution is -2.73. The van der Waals surface area contributed by atoms with E-state index in [0.717, 1.165) is 67.6 Å². The van der Waals surface area contributed by atoms with Crippen LogP contribution < -0.4 is 9.80 Å². The molecule has 154 valence electrons. The summed E-state index contributed by atoms with van der Waals surface area (Å²) in [5.41, 5.74) is 3.88. The van der Waals surface area contributed by atoms with Crippen LogP contribution in [0.25, 0.3) is 5.69 Å². The number of benzene rings is 1. The zero-order valence-corrected chi connectivity index (χ0v) is 18.0. The molecule has 0 saturated carbocycles. The molecule has 1 aromatic carbocycles. The van der Waals surface area contributed by atoms with Gasteiger partial charge >= 0.3 is 0 Å². The Morgan fingerprint density at radius 3 is 2.53 bits per heavy atom. The van der Waals surface area contributed by atoms with E-state index in [4.69, 9.17) is 11.6 Å². The summed E-state index contributed by atoms with van der Waals surface area (Å²) in [6.07, 6.45) is 1.94. The van der Waals surface area contributed by atoms with Gasteiger partial charge in [-0.05, 0) is 49.4 Å². The van der Waals surface area contributed by atoms with E-state index >= 15 is 0 Å². The Balaban J connectivity index is 1.23. The van der Waals surface area contributed by atoms with Crippen molar-refractivity contribution in [1.29, 1.82) is 0 Å². The van der Waals surface area contributed by atoms with Crippen LogP contribution in [0.5, 0.6) is 0 Å². The number of halogens is 1. The van der Waals surface area contributed by atoms with Gasteiger partial charge in [0.2, 0.25) is 5.95 Å². The maximum Gasteiger partial charge on any atom is 0.231 e. The van der Waals surface area contributed by atoms with Crippen LogP contribution in [0.15, 0.2) is 36.5 Å². The Kier molecular flexibility index (Phi) is 3.89. The molecule has 0 amide bonds. The molecule has 0 unspecified atom stereocenters. The van der Waals surface area contributed by atoms with Gasteiger partial charge < -0.3 is 9.80 Å². The predicted molar refractivity (Wildman–Crippen MR) is 117 cm³/mol. The highest BCUT2D eigenvalue weighted by molar-refractivity contribution is 6.30. The van der Waals surface area contributed by atoms with E-state index in [1.54, 1.807) is 0 Å². The van der Waals surface area contributed by atoms with Crippen molar-refractivity contribution in [2.45, 2.75) is 20.0 Å². The van der Waals surface area contributed by atoms with Gasteiger partial charge in [0.1, 0.15) is 5.82 Å². The number of aryl methyl sites for hydroxylation is 1. The third-order valence-electron chi connectivity index (χ3n) is 6.45. The standard InChI is InChI=1S/C22H24ClN7/c1-15-3-6-19(24-8-15)28-11-22(12-28)13-29(14-22)21-26-25-20-10-27(2)9-16-7-17(23)4-5-18(16)30(20)21/h3-8H,9-14H2,1-2H3. The molecule has 0 radical (unpaired) electrons. The molecule has 1 spiro atoms. The van der Waals surface area contributed by atoms with Gasteiger partial charge in [-0.15, -0.1) is 10.2 Å². The fourth-order valence-corrected chi connectivity index (χ4v) is 5.22. The van der Waals surface area contributed by atoms with E-state index in [9.17, 15) is 0 Å². The van der Waals surface area contributed by atoms with Crippen LogP contribution in [0.1, 0.15) is 17.0 Å². The summed E-state index contributed by atoms with van der Waals surface area (Å²) in [5.74, 6) is 3.00. The largest absolute Gasteiger partial charge is 0.355 e. The number of hydrogen-bond donors (Lipinski definition) is 0. The average molecular weight is 422 g/mol. The normalized spacial score (nSPS) is 19.7. The molecule has 3 aliphatic heterocycles. The minimum atomic E-state index is 0.337. The molecule has 0 bridgehead atoms. The van der Waals surface area contributed by atoms with Gasteiger partial charge in [-0.2, -0.15) is 0 Å². The van der Waals surface area contributed by atoms with Crippen LogP contribution >= 0.6 is 11.6 Å². The molecule has 2 fully saturated rings. The van der Waals surface area contributed by atoms with Crippen molar-refractivity contribution >= 4 is 23.4 Å². The first-order valence-corrected chi connectivity index (χ1v) is 10.7. The van der Waals surface area contributed by atoms with Crippen LogP contribution in [0, 0.1) is 12.3 Å². The summed E-state index contributed by atoms with van der Waals surface area (Å²) >= 11 is 6.28. The lowest BCUT2D eigenvalue weighted by molar-refractivity contribution is 0.153. The fourth-order valence-electron chi connectivity index (χ4n) is 5.03. The summed E-state index contributed by atoms with van der Waals surface area (Å²) in [7, 11) is 2.11. The number of hydrogen-bond acceptors (Lipinski definition) is 6. The molecule has 3 aliphatic rings. The maximum absolute atomic E-state index is 6.28. The molecule has 0 N–H and O–H groups in total. The number of aromatic nitrogens is 4. The van der Waals surface area contributed by atoms with Gasteiger partial charge in [0.05, 0.1) is 12.2 Å². The van der Waals surface area contributed by atoms with Gasteiger partial charge in [-0.1, -0.05) is 17.7 Å². The van der Waals surface area contributed by atoms with Gasteiger partial charge in [-0.3, -0.25) is 9.47 Å². The van der Waals surface area contributed by atoms with E-state index in [1.165, 1.54) is 11.1 Å². The molecular formula is C22H24ClN7. The average Bonchev–Trinajstić information content (AvgIpc) is 2.97. The zero-order valence-electron chi connectivity index (χ0n) is 17.2. The van der Waals surface area contributed by atoms with Crippen LogP contribution in [0.4, 0.5) is 11.8 Å². The van der Waals surface area contributed by atoms with Crippen LogP contribution in [0.2, 0.25) is 5.02 Å². The molecule has 2 saturated heterocycles. The second-order valence-electron chi connectivity index (χ2n) is 9.10. The predicted octanol–water partition coefficient (Wildman–Crippen LogP) is 2.90. The molecule has 6 rings (SSSR count). The summed E-state index contributed by atoms with van der Waals surface area (Å²) < 4.78 is 2.22. The third kappa shape index (κ3) is 2.80. The quantitative estimate of drug-likeness (QED) is 0.634. The molecule has 8 heteroatoms. The van der Waals surface area contributed by atoms with E-state index < -0.39 is 0 Å². The first kappa shape index (κ1) is 18.2. The van der Waals surface area contributed by atoms with Crippen molar-refractivity contribution in [3.05, 3.63) is 58.5 Å². The summed E-state index contributed by atoms with van der Waals surface area (Å²) in [6, 6.07) is 10.4. The van der Waals surface area contributed by atoms with E-state index in [-0.39, 0.29) is 0 Å². The first-order chi connectivity index (χ1) is 14.5. The summed E-state index contributed by atoms with van der Waals surface area (Å²) in [5, 5.41) is 9.88. The Hall–Kier alpha value is -2.64. The monoisotopic (exact) mass is 421 g/mol. The Bertz CT molecular complexity index is 1110. The molecule has 2 aromatic heterocycles. The van der Waals surface area contributed by atoms with Gasteiger partial charge in [-0.25, -0.2) is 4.98 Å². The van der Waals surface area contributed by atoms with E-state index in [0.29, 0.717) is 5.41 Å². The maximum atomic E-state index is 6.28. The lowest BCUT2D eigenvalue weighted by atomic mass is 9.73. The van der Waals surface area contributed by atoms with Gasteiger partial charge in [0, 0.05) is 49.4 Å². The van der Waals surface area contributed by atoms with Gasteiger partial charge in [0.25, 0.3) is 0 Å². The number of nitrogens with zero attached hydrogens (tertiary/aromatic N) is 7. The molecule has 7 nitrogen and oxygen atoms in total. The highest BCUT2D eigenvalue weighted by Crippen LogP contribution is 2.43. The molecular weight excluding hydrogens is 398 g/mol. The smallest absolute Gasteiger partial charge is 0.231 e. The molecule has 0 atom stereocenters. The second kappa shape index (κ2) is 6.43. The van der Waals surface area contributed by atoms with Crippen molar-refractivity contribution in [3.8, 4) is 5.69 Å². The summed E-state index contributed by atoms with van der Waals surface area (Å²) in [6.45, 7) is 7.80. The lowest BCUT2D eigenvalue weighted by Gasteiger charge is -2.60. The summed E-state index contributed by atoms with van der Waals surface area (Å²) in [4.78, 5) is 11.6. The fraction of sp³-hybridized carbons (Fsp3) is 0.409. The van der Waals surface area contributed by atoms with Gasteiger partial charge in [0.15, 0.2) is 5.82 Å². The zero-order chi connectivity index (χ0) is 20.5. The van der Waals surface area contributed by atoms with Crippen LogP contribution in [-0.2, 0) is 13.1 Å².